The molecule has 54 heavy (non-hydrogen) atoms. The number of nitrogens with zero attached hydrogens (tertiary/aromatic N) is 2. The second-order valence-corrected chi connectivity index (χ2v) is 14.9. The summed E-state index contributed by atoms with van der Waals surface area (Å²) < 4.78 is 60.4. The summed E-state index contributed by atoms with van der Waals surface area (Å²) >= 11 is 7.10. The summed E-state index contributed by atoms with van der Waals surface area (Å²) in [6, 6.07) is 15.2. The van der Waals surface area contributed by atoms with E-state index in [-0.39, 0.29) is 29.9 Å². The molecule has 2 aromatic carbocycles. The molecule has 14 heteroatoms. The van der Waals surface area contributed by atoms with Gasteiger partial charge >= 0.3 is 12.1 Å². The third kappa shape index (κ3) is 8.29. The summed E-state index contributed by atoms with van der Waals surface area (Å²) in [4.78, 5) is 20.6. The van der Waals surface area contributed by atoms with Crippen molar-refractivity contribution < 1.29 is 42.4 Å². The SMILES string of the molecule is COc1nc(-c2cccc(-c3cccc4c3CC[C@@H]4Oc3nc(OC)c(CN[C@H](C(=O)O)C(C)C)cc3C(F)(F)F)c2Cl)ccc1CNC1CC(C)(O)C1. The minimum absolute atomic E-state index is 0.0509. The number of pyridine rings is 2. The summed E-state index contributed by atoms with van der Waals surface area (Å²) in [5, 5.41) is 26.3. The van der Waals surface area contributed by atoms with Crippen LogP contribution in [0.2, 0.25) is 5.02 Å². The largest absolute Gasteiger partial charge is 0.481 e. The number of carboxylic acid groups (broad SMARTS) is 1. The Bertz CT molecular complexity index is 2020. The molecule has 0 spiro atoms. The Labute approximate surface area is 317 Å². The molecule has 1 fully saturated rings. The Morgan fingerprint density at radius 1 is 0.963 bits per heavy atom. The van der Waals surface area contributed by atoms with Gasteiger partial charge in [-0.15, -0.1) is 0 Å². The van der Waals surface area contributed by atoms with E-state index < -0.39 is 41.3 Å². The van der Waals surface area contributed by atoms with Gasteiger partial charge in [0.15, 0.2) is 0 Å². The molecule has 0 amide bonds. The molecule has 0 bridgehead atoms. The van der Waals surface area contributed by atoms with E-state index in [1.165, 1.54) is 7.11 Å². The number of rotatable bonds is 14. The van der Waals surface area contributed by atoms with E-state index in [4.69, 9.17) is 30.8 Å². The van der Waals surface area contributed by atoms with E-state index >= 15 is 0 Å². The molecule has 0 unspecified atom stereocenters. The maximum Gasteiger partial charge on any atom is 0.421 e. The Morgan fingerprint density at radius 2 is 1.63 bits per heavy atom. The van der Waals surface area contributed by atoms with Gasteiger partial charge in [-0.25, -0.2) is 4.98 Å². The van der Waals surface area contributed by atoms with Gasteiger partial charge in [-0.2, -0.15) is 18.2 Å². The van der Waals surface area contributed by atoms with Gasteiger partial charge < -0.3 is 29.7 Å². The lowest BCUT2D eigenvalue weighted by Crippen LogP contribution is -2.51. The number of hydrogen-bond donors (Lipinski definition) is 4. The smallest absolute Gasteiger partial charge is 0.421 e. The monoisotopic (exact) mass is 768 g/mol. The number of aliphatic hydroxyl groups is 1. The van der Waals surface area contributed by atoms with Crippen LogP contribution in [0.15, 0.2) is 54.6 Å². The van der Waals surface area contributed by atoms with Crippen molar-refractivity contribution in [1.82, 2.24) is 20.6 Å². The van der Waals surface area contributed by atoms with Gasteiger partial charge in [0.1, 0.15) is 17.7 Å². The van der Waals surface area contributed by atoms with Gasteiger partial charge in [0, 0.05) is 41.4 Å². The number of carbonyl (C=O) groups is 1. The second kappa shape index (κ2) is 15.7. The van der Waals surface area contributed by atoms with Gasteiger partial charge in [0.2, 0.25) is 17.6 Å². The molecule has 6 rings (SSSR count). The van der Waals surface area contributed by atoms with Crippen LogP contribution in [0.5, 0.6) is 17.6 Å². The summed E-state index contributed by atoms with van der Waals surface area (Å²) in [7, 11) is 2.85. The quantitative estimate of drug-likeness (QED) is 0.101. The average Bonchev–Trinajstić information content (AvgIpc) is 3.52. The molecule has 1 saturated carbocycles. The highest BCUT2D eigenvalue weighted by atomic mass is 35.5. The minimum Gasteiger partial charge on any atom is -0.481 e. The maximum atomic E-state index is 14.5. The van der Waals surface area contributed by atoms with Crippen LogP contribution in [0.3, 0.4) is 0 Å². The first kappa shape index (κ1) is 39.3. The van der Waals surface area contributed by atoms with Crippen LogP contribution in [0, 0.1) is 5.92 Å². The predicted octanol–water partition coefficient (Wildman–Crippen LogP) is 7.77. The number of halogens is 4. The fourth-order valence-electron chi connectivity index (χ4n) is 7.34. The maximum absolute atomic E-state index is 14.5. The zero-order chi connectivity index (χ0) is 38.9. The molecule has 4 N–H and O–H groups in total. The first-order chi connectivity index (χ1) is 25.6. The molecule has 0 saturated heterocycles. The van der Waals surface area contributed by atoms with Crippen molar-refractivity contribution in [3.63, 3.8) is 0 Å². The molecular formula is C40H44ClF3N4O6. The van der Waals surface area contributed by atoms with Crippen molar-refractivity contribution in [2.75, 3.05) is 14.2 Å². The van der Waals surface area contributed by atoms with E-state index in [2.05, 4.69) is 15.6 Å². The number of fused-ring (bicyclic) bond motifs is 1. The van der Waals surface area contributed by atoms with E-state index in [9.17, 15) is 28.2 Å². The highest BCUT2D eigenvalue weighted by Crippen LogP contribution is 2.46. The van der Waals surface area contributed by atoms with Gasteiger partial charge in [0.05, 0.1) is 30.5 Å². The van der Waals surface area contributed by atoms with Gasteiger partial charge in [-0.1, -0.05) is 67.9 Å². The Kier molecular flexibility index (Phi) is 11.4. The molecule has 2 heterocycles. The first-order valence-electron chi connectivity index (χ1n) is 17.8. The second-order valence-electron chi connectivity index (χ2n) is 14.5. The molecule has 2 aliphatic rings. The number of nitrogens with one attached hydrogen (secondary N) is 2. The van der Waals surface area contributed by atoms with Crippen molar-refractivity contribution in [2.24, 2.45) is 5.92 Å². The van der Waals surface area contributed by atoms with Crippen LogP contribution in [0.25, 0.3) is 22.4 Å². The van der Waals surface area contributed by atoms with Gasteiger partial charge in [0.25, 0.3) is 0 Å². The lowest BCUT2D eigenvalue weighted by atomic mass is 9.77. The lowest BCUT2D eigenvalue weighted by molar-refractivity contribution is -0.141. The van der Waals surface area contributed by atoms with Gasteiger partial charge in [-0.3, -0.25) is 10.1 Å². The summed E-state index contributed by atoms with van der Waals surface area (Å²) in [5.74, 6) is -1.69. The molecule has 10 nitrogen and oxygen atoms in total. The molecule has 0 aliphatic heterocycles. The van der Waals surface area contributed by atoms with Crippen molar-refractivity contribution in [3.05, 3.63) is 87.4 Å². The van der Waals surface area contributed by atoms with Crippen LogP contribution >= 0.6 is 11.6 Å². The average molecular weight is 769 g/mol. The Hall–Kier alpha value is -4.43. The number of benzene rings is 2. The zero-order valence-electron chi connectivity index (χ0n) is 30.7. The summed E-state index contributed by atoms with van der Waals surface area (Å²) in [6.45, 7) is 5.55. The number of aromatic nitrogens is 2. The molecule has 288 valence electrons. The number of hydrogen-bond acceptors (Lipinski definition) is 9. The Morgan fingerprint density at radius 3 is 2.28 bits per heavy atom. The third-order valence-electron chi connectivity index (χ3n) is 10.1. The third-order valence-corrected chi connectivity index (χ3v) is 10.5. The Balaban J connectivity index is 1.26. The zero-order valence-corrected chi connectivity index (χ0v) is 31.4. The fourth-order valence-corrected chi connectivity index (χ4v) is 7.67. The summed E-state index contributed by atoms with van der Waals surface area (Å²) in [5.41, 5.74) is 3.70. The van der Waals surface area contributed by atoms with Crippen LogP contribution in [-0.4, -0.2) is 58.1 Å². The van der Waals surface area contributed by atoms with E-state index in [1.54, 1.807) is 21.0 Å². The van der Waals surface area contributed by atoms with Crippen molar-refractivity contribution >= 4 is 17.6 Å². The van der Waals surface area contributed by atoms with Crippen LogP contribution in [0.1, 0.15) is 74.0 Å². The number of methoxy groups -OCH3 is 2. The number of carboxylic acids is 1. The van der Waals surface area contributed by atoms with Crippen LogP contribution < -0.4 is 24.8 Å². The molecule has 2 aliphatic carbocycles. The van der Waals surface area contributed by atoms with Crippen molar-refractivity contribution in [2.45, 2.75) is 89.5 Å². The molecule has 4 aromatic rings. The highest BCUT2D eigenvalue weighted by Gasteiger charge is 2.40. The highest BCUT2D eigenvalue weighted by molar-refractivity contribution is 6.36. The van der Waals surface area contributed by atoms with Gasteiger partial charge in [-0.05, 0) is 67.3 Å². The molecule has 2 atom stereocenters. The molecular weight excluding hydrogens is 725 g/mol. The molecule has 0 radical (unpaired) electrons. The lowest BCUT2D eigenvalue weighted by Gasteiger charge is -2.41. The minimum atomic E-state index is -4.81. The van der Waals surface area contributed by atoms with E-state index in [0.717, 1.165) is 33.9 Å². The normalized spacial score (nSPS) is 20.0. The predicted molar refractivity (Wildman–Crippen MR) is 198 cm³/mol. The van der Waals surface area contributed by atoms with Crippen molar-refractivity contribution in [1.29, 1.82) is 0 Å². The molecule has 2 aromatic heterocycles. The summed E-state index contributed by atoms with van der Waals surface area (Å²) in [6.07, 6.45) is -3.26. The topological polar surface area (TPSA) is 135 Å². The number of ether oxygens (including phenoxy) is 3. The van der Waals surface area contributed by atoms with Crippen molar-refractivity contribution in [3.8, 4) is 40.0 Å². The number of aliphatic carboxylic acids is 1. The standard InChI is InChI=1S/C40H44ClF3N4O6/c1-21(2)34(38(49)50)46-20-23-16-30(40(42,43)44)37(48-36(23)53-5)54-32-15-13-26-25(8-6-9-27(26)32)28-10-7-11-29(33(28)41)31-14-12-22(35(47-31)52-4)19-45-24-17-39(3,51)18-24/h6-12,14,16,21,24,32,34,45-46,51H,13,15,17-20H2,1-5H3,(H,49,50)/t24?,32-,34-,39?/m0/s1. The van der Waals surface area contributed by atoms with E-state index in [0.29, 0.717) is 54.4 Å². The van der Waals surface area contributed by atoms with E-state index in [1.807, 2.05) is 55.5 Å². The fraction of sp³-hybridized carbons (Fsp3) is 0.425. The van der Waals surface area contributed by atoms with Crippen LogP contribution in [-0.2, 0) is 30.5 Å². The number of alkyl halides is 3. The van der Waals surface area contributed by atoms with Crippen LogP contribution in [0.4, 0.5) is 13.2 Å². The first-order valence-corrected chi connectivity index (χ1v) is 18.2.